The Morgan fingerprint density at radius 3 is 2.92 bits per heavy atom. The topological polar surface area (TPSA) is 83.3 Å². The summed E-state index contributed by atoms with van der Waals surface area (Å²) >= 11 is 0. The summed E-state index contributed by atoms with van der Waals surface area (Å²) in [4.78, 5) is 20.6. The van der Waals surface area contributed by atoms with Gasteiger partial charge in [-0.25, -0.2) is 9.95 Å². The number of rotatable bonds is 4. The maximum atomic E-state index is 10.5. The molecule has 0 bridgehead atoms. The Balaban J connectivity index is 2.33. The minimum atomic E-state index is -0.833. The molecule has 5 heteroatoms. The Labute approximate surface area is 68.0 Å². The van der Waals surface area contributed by atoms with Crippen LogP contribution in [-0.2, 0) is 11.2 Å². The van der Waals surface area contributed by atoms with Gasteiger partial charge in [0.2, 0.25) is 0 Å². The first-order chi connectivity index (χ1) is 5.68. The molecule has 0 saturated carbocycles. The maximum Gasteiger partial charge on any atom is 0.357 e. The van der Waals surface area contributed by atoms with Crippen LogP contribution in [0.3, 0.4) is 0 Å². The molecule has 0 aliphatic carbocycles. The molecule has 0 radical (unpaired) electrons. The highest BCUT2D eigenvalue weighted by Gasteiger charge is 2.00. The normalized spacial score (nSPS) is 10.0. The molecule has 0 amide bonds. The third kappa shape index (κ3) is 2.61. The highest BCUT2D eigenvalue weighted by Crippen LogP contribution is 1.98. The van der Waals surface area contributed by atoms with Crippen molar-refractivity contribution in [1.29, 1.82) is 0 Å². The maximum absolute atomic E-state index is 10.5. The molecule has 0 saturated heterocycles. The average molecular weight is 171 g/mol. The largest absolute Gasteiger partial charge is 0.481 e. The second-order valence-corrected chi connectivity index (χ2v) is 2.44. The zero-order valence-corrected chi connectivity index (χ0v) is 6.37. The first kappa shape index (κ1) is 8.58. The van der Waals surface area contributed by atoms with Crippen LogP contribution in [-0.4, -0.2) is 16.2 Å². The predicted octanol–water partition coefficient (Wildman–Crippen LogP) is 0.375. The summed E-state index contributed by atoms with van der Waals surface area (Å²) < 4.78 is 4.39. The van der Waals surface area contributed by atoms with Gasteiger partial charge in [0, 0.05) is 12.5 Å². The van der Waals surface area contributed by atoms with Gasteiger partial charge >= 0.3 is 11.6 Å². The number of aromatic nitrogens is 1. The first-order valence-electron chi connectivity index (χ1n) is 3.57. The molecule has 2 N–H and O–H groups in total. The number of carboxylic acids is 1. The minimum Gasteiger partial charge on any atom is -0.481 e. The lowest BCUT2D eigenvalue weighted by molar-refractivity contribution is -0.137. The van der Waals surface area contributed by atoms with Crippen LogP contribution < -0.4 is 5.63 Å². The number of aryl methyl sites for hydroxylation is 1. The minimum absolute atomic E-state index is 0.104. The second-order valence-electron chi connectivity index (χ2n) is 2.44. The molecule has 1 aromatic heterocycles. The van der Waals surface area contributed by atoms with Gasteiger partial charge in [-0.15, -0.1) is 0 Å². The third-order valence-corrected chi connectivity index (χ3v) is 1.41. The quantitative estimate of drug-likeness (QED) is 0.685. The summed E-state index contributed by atoms with van der Waals surface area (Å²) in [6, 6.07) is 1.32. The molecule has 1 aromatic rings. The molecule has 0 aromatic carbocycles. The van der Waals surface area contributed by atoms with Gasteiger partial charge in [-0.1, -0.05) is 0 Å². The molecule has 1 rings (SSSR count). The Morgan fingerprint density at radius 1 is 1.67 bits per heavy atom. The summed E-state index contributed by atoms with van der Waals surface area (Å²) in [6.45, 7) is 0. The van der Waals surface area contributed by atoms with E-state index < -0.39 is 11.6 Å². The van der Waals surface area contributed by atoms with E-state index in [1.165, 1.54) is 6.07 Å². The second kappa shape index (κ2) is 3.75. The van der Waals surface area contributed by atoms with E-state index in [0.717, 1.165) is 0 Å². The van der Waals surface area contributed by atoms with E-state index in [4.69, 9.17) is 5.11 Å². The van der Waals surface area contributed by atoms with Crippen molar-refractivity contribution in [2.24, 2.45) is 0 Å². The number of nitrogens with one attached hydrogen (secondary N) is 1. The number of carboxylic acid groups (broad SMARTS) is 1. The summed E-state index contributed by atoms with van der Waals surface area (Å²) in [7, 11) is 0. The van der Waals surface area contributed by atoms with E-state index in [9.17, 15) is 9.59 Å². The number of carbonyl (C=O) groups is 1. The van der Waals surface area contributed by atoms with Crippen molar-refractivity contribution in [1.82, 2.24) is 5.16 Å². The van der Waals surface area contributed by atoms with E-state index in [0.29, 0.717) is 18.5 Å². The Bertz CT molecular complexity index is 311. The standard InChI is InChI=1S/C7H9NO4/c9-6(10)3-1-2-5-4-7(11)12-8-5/h4,8H,1-3H2,(H,9,10). The third-order valence-electron chi connectivity index (χ3n) is 1.41. The van der Waals surface area contributed by atoms with E-state index in [1.54, 1.807) is 0 Å². The highest BCUT2D eigenvalue weighted by molar-refractivity contribution is 5.66. The molecule has 12 heavy (non-hydrogen) atoms. The van der Waals surface area contributed by atoms with Gasteiger partial charge in [0.05, 0.1) is 5.69 Å². The van der Waals surface area contributed by atoms with Crippen LogP contribution in [0.5, 0.6) is 0 Å². The Kier molecular flexibility index (Phi) is 2.68. The van der Waals surface area contributed by atoms with Crippen molar-refractivity contribution in [3.05, 3.63) is 22.2 Å². The molecule has 66 valence electrons. The van der Waals surface area contributed by atoms with E-state index >= 15 is 0 Å². The van der Waals surface area contributed by atoms with Crippen LogP contribution in [0, 0.1) is 0 Å². The fraction of sp³-hybridized carbons (Fsp3) is 0.429. The fourth-order valence-corrected chi connectivity index (χ4v) is 0.870. The lowest BCUT2D eigenvalue weighted by Gasteiger charge is -1.91. The van der Waals surface area contributed by atoms with Gasteiger partial charge in [0.25, 0.3) is 0 Å². The zero-order chi connectivity index (χ0) is 8.97. The highest BCUT2D eigenvalue weighted by atomic mass is 16.5. The van der Waals surface area contributed by atoms with Gasteiger partial charge in [0.15, 0.2) is 0 Å². The SMILES string of the molecule is O=C(O)CCCc1cc(=O)o[nH]1. The zero-order valence-electron chi connectivity index (χ0n) is 6.37. The lowest BCUT2D eigenvalue weighted by Crippen LogP contribution is -1.96. The van der Waals surface area contributed by atoms with E-state index in [2.05, 4.69) is 9.68 Å². The van der Waals surface area contributed by atoms with Crippen molar-refractivity contribution in [2.75, 3.05) is 0 Å². The Morgan fingerprint density at radius 2 is 2.42 bits per heavy atom. The number of H-pyrrole nitrogens is 1. The fourth-order valence-electron chi connectivity index (χ4n) is 0.870. The van der Waals surface area contributed by atoms with Crippen LogP contribution >= 0.6 is 0 Å². The van der Waals surface area contributed by atoms with Gasteiger partial charge in [0.1, 0.15) is 0 Å². The number of hydrogen-bond acceptors (Lipinski definition) is 3. The molecule has 0 aliphatic heterocycles. The molecule has 0 spiro atoms. The van der Waals surface area contributed by atoms with Crippen molar-refractivity contribution in [3.8, 4) is 0 Å². The van der Waals surface area contributed by atoms with Crippen molar-refractivity contribution in [3.63, 3.8) is 0 Å². The molecule has 0 aliphatic rings. The van der Waals surface area contributed by atoms with E-state index in [-0.39, 0.29) is 6.42 Å². The van der Waals surface area contributed by atoms with Crippen molar-refractivity contribution >= 4 is 5.97 Å². The van der Waals surface area contributed by atoms with Crippen LogP contribution in [0.15, 0.2) is 15.4 Å². The summed E-state index contributed by atoms with van der Waals surface area (Å²) in [6.07, 6.45) is 1.13. The van der Waals surface area contributed by atoms with Crippen molar-refractivity contribution in [2.45, 2.75) is 19.3 Å². The number of aliphatic carboxylic acids is 1. The first-order valence-corrected chi connectivity index (χ1v) is 3.57. The van der Waals surface area contributed by atoms with Crippen molar-refractivity contribution < 1.29 is 14.4 Å². The van der Waals surface area contributed by atoms with Gasteiger partial charge < -0.3 is 9.63 Å². The molecular weight excluding hydrogens is 162 g/mol. The molecule has 0 atom stereocenters. The number of hydrogen-bond donors (Lipinski definition) is 2. The average Bonchev–Trinajstić information content (AvgIpc) is 2.35. The van der Waals surface area contributed by atoms with Gasteiger partial charge in [-0.3, -0.25) is 4.79 Å². The van der Waals surface area contributed by atoms with Crippen LogP contribution in [0.4, 0.5) is 0 Å². The van der Waals surface area contributed by atoms with Crippen LogP contribution in [0.1, 0.15) is 18.5 Å². The molecule has 0 fully saturated rings. The van der Waals surface area contributed by atoms with Crippen LogP contribution in [0.25, 0.3) is 0 Å². The number of aromatic amines is 1. The van der Waals surface area contributed by atoms with Gasteiger partial charge in [-0.2, -0.15) is 0 Å². The lowest BCUT2D eigenvalue weighted by atomic mass is 10.2. The predicted molar refractivity (Wildman–Crippen MR) is 39.9 cm³/mol. The summed E-state index contributed by atoms with van der Waals surface area (Å²) in [5.74, 6) is -0.833. The van der Waals surface area contributed by atoms with Gasteiger partial charge in [-0.05, 0) is 12.8 Å². The van der Waals surface area contributed by atoms with Crippen LogP contribution in [0.2, 0.25) is 0 Å². The molecule has 1 heterocycles. The van der Waals surface area contributed by atoms with E-state index in [1.807, 2.05) is 0 Å². The summed E-state index contributed by atoms with van der Waals surface area (Å²) in [5, 5.41) is 10.7. The molecule has 5 nitrogen and oxygen atoms in total. The molecule has 0 unspecified atom stereocenters. The summed E-state index contributed by atoms with van der Waals surface area (Å²) in [5.41, 5.74) is 0.210. The molecular formula is C7H9NO4. The smallest absolute Gasteiger partial charge is 0.357 e. The Hall–Kier alpha value is -1.52. The monoisotopic (exact) mass is 171 g/mol.